The van der Waals surface area contributed by atoms with Crippen LogP contribution in [0.4, 0.5) is 13.2 Å². The van der Waals surface area contributed by atoms with Crippen molar-refractivity contribution >= 4 is 29.1 Å². The molecule has 8 heteroatoms. The second-order valence-electron chi connectivity index (χ2n) is 6.54. The van der Waals surface area contributed by atoms with Crippen LogP contribution < -0.4 is 5.73 Å². The Hall–Kier alpha value is -2.29. The summed E-state index contributed by atoms with van der Waals surface area (Å²) in [6.07, 6.45) is -2.60. The molecule has 0 spiro atoms. The molecule has 0 aliphatic rings. The van der Waals surface area contributed by atoms with Gasteiger partial charge in [-0.1, -0.05) is 37.3 Å². The fraction of sp³-hybridized carbons (Fsp3) is 0.261. The quantitative estimate of drug-likeness (QED) is 0.371. The molecule has 0 saturated heterocycles. The van der Waals surface area contributed by atoms with Crippen molar-refractivity contribution < 1.29 is 23.1 Å². The number of hydrogen-bond acceptors (Lipinski definition) is 4. The Morgan fingerprint density at radius 2 is 1.74 bits per heavy atom. The molecule has 3 aromatic rings. The highest BCUT2D eigenvalue weighted by molar-refractivity contribution is 7.99. The molecule has 3 rings (SSSR count). The molecule has 0 radical (unpaired) electrons. The molecule has 166 valence electrons. The summed E-state index contributed by atoms with van der Waals surface area (Å²) < 4.78 is 37.9. The number of carboxylic acids is 1. The van der Waals surface area contributed by atoms with Gasteiger partial charge in [-0.25, -0.2) is 4.79 Å². The molecular weight excluding hydrogens is 443 g/mol. The van der Waals surface area contributed by atoms with Gasteiger partial charge in [0.2, 0.25) is 0 Å². The van der Waals surface area contributed by atoms with Crippen LogP contribution in [0.2, 0.25) is 0 Å². The molecule has 0 bridgehead atoms. The van der Waals surface area contributed by atoms with Crippen molar-refractivity contribution in [3.8, 4) is 0 Å². The topological polar surface area (TPSA) is 63.3 Å². The highest BCUT2D eigenvalue weighted by Gasteiger charge is 2.30. The SMILES string of the molecule is CCc1sccc1SC(CCN)c1ccc(C(F)(F)F)cc1.O=C(O)c1ccccc1. The van der Waals surface area contributed by atoms with Crippen molar-refractivity contribution in [2.75, 3.05) is 6.54 Å². The second kappa shape index (κ2) is 11.9. The third-order valence-corrected chi connectivity index (χ3v) is 6.98. The first kappa shape index (κ1) is 25.0. The zero-order chi connectivity index (χ0) is 22.9. The van der Waals surface area contributed by atoms with Crippen molar-refractivity contribution in [3.05, 3.63) is 87.6 Å². The van der Waals surface area contributed by atoms with Gasteiger partial charge in [-0.3, -0.25) is 0 Å². The first-order chi connectivity index (χ1) is 14.8. The number of carboxylic acid groups (broad SMARTS) is 1. The maximum Gasteiger partial charge on any atom is 0.416 e. The van der Waals surface area contributed by atoms with Crippen LogP contribution in [-0.4, -0.2) is 17.6 Å². The Morgan fingerprint density at radius 1 is 1.10 bits per heavy atom. The van der Waals surface area contributed by atoms with E-state index >= 15 is 0 Å². The lowest BCUT2D eigenvalue weighted by molar-refractivity contribution is -0.137. The van der Waals surface area contributed by atoms with E-state index in [0.29, 0.717) is 12.1 Å². The molecule has 3 nitrogen and oxygen atoms in total. The van der Waals surface area contributed by atoms with Gasteiger partial charge in [0.15, 0.2) is 0 Å². The normalized spacial score (nSPS) is 12.0. The molecule has 1 unspecified atom stereocenters. The summed E-state index contributed by atoms with van der Waals surface area (Å²) in [6.45, 7) is 2.61. The van der Waals surface area contributed by atoms with Gasteiger partial charge in [-0.15, -0.1) is 23.1 Å². The van der Waals surface area contributed by atoms with Gasteiger partial charge in [0.25, 0.3) is 0 Å². The number of nitrogens with two attached hydrogens (primary N) is 1. The molecule has 1 heterocycles. The largest absolute Gasteiger partial charge is 0.478 e. The summed E-state index contributed by atoms with van der Waals surface area (Å²) in [5.74, 6) is -0.879. The molecule has 0 aliphatic heterocycles. The third-order valence-electron chi connectivity index (χ3n) is 4.35. The number of alkyl halides is 3. The number of thiophene rings is 1. The molecule has 0 amide bonds. The first-order valence-electron chi connectivity index (χ1n) is 9.64. The number of benzene rings is 2. The van der Waals surface area contributed by atoms with E-state index in [2.05, 4.69) is 13.0 Å². The molecular formula is C23H24F3NO2S2. The van der Waals surface area contributed by atoms with Gasteiger partial charge >= 0.3 is 12.1 Å². The van der Waals surface area contributed by atoms with Gasteiger partial charge in [0, 0.05) is 15.0 Å². The lowest BCUT2D eigenvalue weighted by Gasteiger charge is -2.17. The Bertz CT molecular complexity index is 941. The zero-order valence-corrected chi connectivity index (χ0v) is 18.6. The molecule has 1 aromatic heterocycles. The highest BCUT2D eigenvalue weighted by atomic mass is 32.2. The minimum absolute atomic E-state index is 0.0761. The van der Waals surface area contributed by atoms with Crippen LogP contribution in [0.5, 0.6) is 0 Å². The van der Waals surface area contributed by atoms with E-state index in [1.807, 2.05) is 5.38 Å². The maximum absolute atomic E-state index is 12.6. The zero-order valence-electron chi connectivity index (χ0n) is 16.9. The van der Waals surface area contributed by atoms with Gasteiger partial charge in [0.05, 0.1) is 11.1 Å². The lowest BCUT2D eigenvalue weighted by Crippen LogP contribution is -2.07. The minimum Gasteiger partial charge on any atom is -0.478 e. The number of rotatable bonds is 7. The van der Waals surface area contributed by atoms with E-state index in [9.17, 15) is 18.0 Å². The highest BCUT2D eigenvalue weighted by Crippen LogP contribution is 2.41. The van der Waals surface area contributed by atoms with Gasteiger partial charge in [0.1, 0.15) is 0 Å². The fourth-order valence-electron chi connectivity index (χ4n) is 2.76. The number of aromatic carboxylic acids is 1. The first-order valence-corrected chi connectivity index (χ1v) is 11.4. The molecule has 0 fully saturated rings. The molecule has 0 aliphatic carbocycles. The predicted octanol–water partition coefficient (Wildman–Crippen LogP) is 6.90. The molecule has 2 aromatic carbocycles. The van der Waals surface area contributed by atoms with E-state index in [0.717, 1.165) is 30.5 Å². The van der Waals surface area contributed by atoms with E-state index in [4.69, 9.17) is 10.8 Å². The predicted molar refractivity (Wildman–Crippen MR) is 121 cm³/mol. The van der Waals surface area contributed by atoms with E-state index in [-0.39, 0.29) is 5.25 Å². The Balaban J connectivity index is 0.000000316. The standard InChI is InChI=1S/C16H18F3NS2.C7H6O2/c1-2-13-15(8-10-21-13)22-14(7-9-20)11-3-5-12(6-4-11)16(17,18)19;8-7(9)6-4-2-1-3-5-6/h3-6,8,10,14H,2,7,9,20H2,1H3;1-5H,(H,8,9). The maximum atomic E-state index is 12.6. The lowest BCUT2D eigenvalue weighted by atomic mass is 10.1. The molecule has 3 N–H and O–H groups in total. The van der Waals surface area contributed by atoms with Crippen molar-refractivity contribution in [1.29, 1.82) is 0 Å². The van der Waals surface area contributed by atoms with Crippen LogP contribution >= 0.6 is 23.1 Å². The smallest absolute Gasteiger partial charge is 0.416 e. The van der Waals surface area contributed by atoms with Crippen LogP contribution in [0, 0.1) is 0 Å². The molecule has 1 atom stereocenters. The number of carbonyl (C=O) groups is 1. The third kappa shape index (κ3) is 7.72. The van der Waals surface area contributed by atoms with Crippen molar-refractivity contribution in [3.63, 3.8) is 0 Å². The van der Waals surface area contributed by atoms with Gasteiger partial charge < -0.3 is 10.8 Å². The van der Waals surface area contributed by atoms with Crippen LogP contribution in [0.3, 0.4) is 0 Å². The summed E-state index contributed by atoms with van der Waals surface area (Å²) in [4.78, 5) is 12.7. The summed E-state index contributed by atoms with van der Waals surface area (Å²) in [7, 11) is 0. The second-order valence-corrected chi connectivity index (χ2v) is 8.78. The molecule has 0 saturated carbocycles. The summed E-state index contributed by atoms with van der Waals surface area (Å²) >= 11 is 3.40. The van der Waals surface area contributed by atoms with Gasteiger partial charge in [-0.05, 0) is 60.7 Å². The van der Waals surface area contributed by atoms with E-state index in [1.54, 1.807) is 65.6 Å². The van der Waals surface area contributed by atoms with Gasteiger partial charge in [-0.2, -0.15) is 13.2 Å². The number of halogens is 3. The van der Waals surface area contributed by atoms with Crippen molar-refractivity contribution in [2.24, 2.45) is 5.73 Å². The summed E-state index contributed by atoms with van der Waals surface area (Å²) in [5, 5.41) is 10.5. The van der Waals surface area contributed by atoms with E-state index < -0.39 is 17.7 Å². The Morgan fingerprint density at radius 3 is 2.23 bits per heavy atom. The molecule has 31 heavy (non-hydrogen) atoms. The van der Waals surface area contributed by atoms with E-state index in [1.165, 1.54) is 9.77 Å². The van der Waals surface area contributed by atoms with Crippen LogP contribution in [0.1, 0.15) is 45.0 Å². The average molecular weight is 468 g/mol. The minimum atomic E-state index is -4.29. The van der Waals surface area contributed by atoms with Crippen LogP contribution in [0.15, 0.2) is 70.9 Å². The summed E-state index contributed by atoms with van der Waals surface area (Å²) in [6, 6.07) is 15.8. The van der Waals surface area contributed by atoms with Crippen LogP contribution in [0.25, 0.3) is 0 Å². The number of aryl methyl sites for hydroxylation is 1. The van der Waals surface area contributed by atoms with Crippen molar-refractivity contribution in [2.45, 2.75) is 36.1 Å². The monoisotopic (exact) mass is 467 g/mol. The fourth-order valence-corrected chi connectivity index (χ4v) is 5.13. The Labute approximate surface area is 188 Å². The van der Waals surface area contributed by atoms with Crippen molar-refractivity contribution in [1.82, 2.24) is 0 Å². The number of hydrogen-bond donors (Lipinski definition) is 2. The van der Waals surface area contributed by atoms with Crippen LogP contribution in [-0.2, 0) is 12.6 Å². The summed E-state index contributed by atoms with van der Waals surface area (Å²) in [5.41, 5.74) is 6.28. The number of thioether (sulfide) groups is 1. The average Bonchev–Trinajstić information content (AvgIpc) is 3.21. The Kier molecular flexibility index (Phi) is 9.61.